The predicted octanol–water partition coefficient (Wildman–Crippen LogP) is 6.52. The van der Waals surface area contributed by atoms with E-state index in [2.05, 4.69) is 10.6 Å². The van der Waals surface area contributed by atoms with Crippen LogP contribution in [-0.4, -0.2) is 36.3 Å². The average molecular weight is 510 g/mol. The van der Waals surface area contributed by atoms with Crippen molar-refractivity contribution >= 4 is 40.7 Å². The zero-order chi connectivity index (χ0) is 25.5. The third-order valence-corrected chi connectivity index (χ3v) is 5.93. The number of carbonyl (C=O) groups is 2. The van der Waals surface area contributed by atoms with E-state index in [1.807, 2.05) is 18.7 Å². The van der Waals surface area contributed by atoms with Crippen LogP contribution in [0.5, 0.6) is 5.75 Å². The Labute approximate surface area is 208 Å². The Morgan fingerprint density at radius 1 is 1.09 bits per heavy atom. The van der Waals surface area contributed by atoms with E-state index in [9.17, 15) is 14.0 Å². The van der Waals surface area contributed by atoms with Crippen LogP contribution in [0.1, 0.15) is 46.0 Å². The van der Waals surface area contributed by atoms with Gasteiger partial charge in [0.25, 0.3) is 0 Å². The number of nitrogens with zero attached hydrogens (tertiary/aromatic N) is 1. The van der Waals surface area contributed by atoms with Crippen molar-refractivity contribution in [1.82, 2.24) is 0 Å². The Kier molecular flexibility index (Phi) is 9.14. The molecule has 0 radical (unpaired) electrons. The van der Waals surface area contributed by atoms with Crippen LogP contribution in [0.25, 0.3) is 0 Å². The molecule has 2 aromatic carbocycles. The molecule has 0 bridgehead atoms. The molecule has 0 spiro atoms. The number of amides is 2. The Hall–Kier alpha value is -3.07. The van der Waals surface area contributed by atoms with Gasteiger partial charge in [-0.3, -0.25) is 0 Å². The normalized spacial score (nSPS) is 14.0. The molecule has 0 unspecified atom stereocenters. The van der Waals surface area contributed by atoms with Gasteiger partial charge in [0.2, 0.25) is 0 Å². The Morgan fingerprint density at radius 2 is 1.77 bits per heavy atom. The highest BCUT2D eigenvalue weighted by Crippen LogP contribution is 2.38. The van der Waals surface area contributed by atoms with Crippen LogP contribution < -0.4 is 20.3 Å². The zero-order valence-corrected chi connectivity index (χ0v) is 20.5. The highest BCUT2D eigenvalue weighted by atomic mass is 35.5. The van der Waals surface area contributed by atoms with Gasteiger partial charge in [-0.15, -0.1) is 0 Å². The third-order valence-electron chi connectivity index (χ3n) is 5.69. The summed E-state index contributed by atoms with van der Waals surface area (Å²) in [6.45, 7) is 3.94. The molecule has 7 nitrogen and oxygen atoms in total. The fourth-order valence-electron chi connectivity index (χ4n) is 4.27. The van der Waals surface area contributed by atoms with Gasteiger partial charge in [-0.25, -0.2) is 18.4 Å². The SMILES string of the molecule is CC(C)CN(c1c(F)cc(OCC(=O)O)cc1NC(=O)Nc1ccc(Cl)cc1F)C1CCCCC1. The summed E-state index contributed by atoms with van der Waals surface area (Å²) in [4.78, 5) is 25.7. The van der Waals surface area contributed by atoms with Crippen LogP contribution in [-0.2, 0) is 4.79 Å². The lowest BCUT2D eigenvalue weighted by Gasteiger charge is -2.38. The number of carbonyl (C=O) groups excluding carboxylic acids is 1. The minimum atomic E-state index is -1.22. The highest BCUT2D eigenvalue weighted by Gasteiger charge is 2.28. The number of urea groups is 1. The number of hydrogen-bond donors (Lipinski definition) is 3. The Bertz CT molecular complexity index is 1060. The molecule has 0 aromatic heterocycles. The van der Waals surface area contributed by atoms with Crippen LogP contribution in [0, 0.1) is 17.6 Å². The van der Waals surface area contributed by atoms with Crippen LogP contribution >= 0.6 is 11.6 Å². The molecular formula is C25H30ClF2N3O4. The number of carboxylic acids is 1. The van der Waals surface area contributed by atoms with Crippen molar-refractivity contribution in [2.75, 3.05) is 28.7 Å². The van der Waals surface area contributed by atoms with E-state index in [1.54, 1.807) is 0 Å². The second-order valence-electron chi connectivity index (χ2n) is 9.03. The molecule has 35 heavy (non-hydrogen) atoms. The molecular weight excluding hydrogens is 480 g/mol. The van der Waals surface area contributed by atoms with E-state index >= 15 is 4.39 Å². The summed E-state index contributed by atoms with van der Waals surface area (Å²) >= 11 is 5.77. The van der Waals surface area contributed by atoms with Crippen LogP contribution in [0.3, 0.4) is 0 Å². The largest absolute Gasteiger partial charge is 0.482 e. The predicted molar refractivity (Wildman–Crippen MR) is 133 cm³/mol. The molecule has 2 amide bonds. The molecule has 2 aromatic rings. The fraction of sp³-hybridized carbons (Fsp3) is 0.440. The molecule has 1 aliphatic rings. The van der Waals surface area contributed by atoms with E-state index < -0.39 is 30.2 Å². The van der Waals surface area contributed by atoms with Gasteiger partial charge in [-0.2, -0.15) is 0 Å². The Balaban J connectivity index is 1.97. The maximum absolute atomic E-state index is 15.6. The monoisotopic (exact) mass is 509 g/mol. The Morgan fingerprint density at radius 3 is 2.40 bits per heavy atom. The van der Waals surface area contributed by atoms with Crippen molar-refractivity contribution < 1.29 is 28.2 Å². The number of nitrogens with one attached hydrogen (secondary N) is 2. The topological polar surface area (TPSA) is 90.9 Å². The first-order chi connectivity index (χ1) is 16.6. The molecule has 3 rings (SSSR count). The van der Waals surface area contributed by atoms with E-state index in [0.29, 0.717) is 6.54 Å². The van der Waals surface area contributed by atoms with E-state index in [-0.39, 0.29) is 39.8 Å². The third kappa shape index (κ3) is 7.45. The fourth-order valence-corrected chi connectivity index (χ4v) is 4.42. The molecule has 1 fully saturated rings. The minimum absolute atomic E-state index is 0.0465. The summed E-state index contributed by atoms with van der Waals surface area (Å²) in [6.07, 6.45) is 4.96. The number of hydrogen-bond acceptors (Lipinski definition) is 4. The maximum atomic E-state index is 15.6. The lowest BCUT2D eigenvalue weighted by atomic mass is 9.93. The summed E-state index contributed by atoms with van der Waals surface area (Å²) in [5, 5.41) is 14.1. The first-order valence-corrected chi connectivity index (χ1v) is 12.0. The van der Waals surface area contributed by atoms with Gasteiger partial charge >= 0.3 is 12.0 Å². The number of benzene rings is 2. The number of rotatable bonds is 9. The van der Waals surface area contributed by atoms with Crippen molar-refractivity contribution in [2.45, 2.75) is 52.0 Å². The lowest BCUT2D eigenvalue weighted by molar-refractivity contribution is -0.139. The van der Waals surface area contributed by atoms with Crippen molar-refractivity contribution in [1.29, 1.82) is 0 Å². The highest BCUT2D eigenvalue weighted by molar-refractivity contribution is 6.30. The minimum Gasteiger partial charge on any atom is -0.482 e. The molecule has 0 atom stereocenters. The average Bonchev–Trinajstić information content (AvgIpc) is 2.79. The van der Waals surface area contributed by atoms with Gasteiger partial charge in [0.05, 0.1) is 17.1 Å². The number of anilines is 3. The summed E-state index contributed by atoms with van der Waals surface area (Å²) in [5.41, 5.74) is 0.196. The van der Waals surface area contributed by atoms with Crippen molar-refractivity contribution in [3.63, 3.8) is 0 Å². The number of carboxylic acid groups (broad SMARTS) is 1. The quantitative estimate of drug-likeness (QED) is 0.358. The smallest absolute Gasteiger partial charge is 0.341 e. The van der Waals surface area contributed by atoms with Gasteiger partial charge in [-0.1, -0.05) is 44.7 Å². The van der Waals surface area contributed by atoms with Crippen molar-refractivity contribution in [3.05, 3.63) is 47.0 Å². The van der Waals surface area contributed by atoms with E-state index in [1.165, 1.54) is 18.2 Å². The summed E-state index contributed by atoms with van der Waals surface area (Å²) in [7, 11) is 0. The maximum Gasteiger partial charge on any atom is 0.341 e. The van der Waals surface area contributed by atoms with Crippen molar-refractivity contribution in [3.8, 4) is 5.75 Å². The molecule has 1 saturated carbocycles. The number of halogens is 3. The standard InChI is InChI=1S/C25H30ClF2N3O4/c1-15(2)13-31(17-6-4-3-5-7-17)24-20(28)11-18(35-14-23(32)33)12-22(24)30-25(34)29-21-9-8-16(26)10-19(21)27/h8-12,15,17H,3-7,13-14H2,1-2H3,(H,32,33)(H2,29,30,34). The number of ether oxygens (including phenoxy) is 1. The second-order valence-corrected chi connectivity index (χ2v) is 9.46. The van der Waals surface area contributed by atoms with Crippen LogP contribution in [0.4, 0.5) is 30.6 Å². The summed E-state index contributed by atoms with van der Waals surface area (Å²) in [6, 6.07) is 5.61. The van der Waals surface area contributed by atoms with Gasteiger partial charge in [0.1, 0.15) is 11.6 Å². The van der Waals surface area contributed by atoms with Crippen LogP contribution in [0.2, 0.25) is 5.02 Å². The lowest BCUT2D eigenvalue weighted by Crippen LogP contribution is -2.40. The van der Waals surface area contributed by atoms with E-state index in [0.717, 1.165) is 44.2 Å². The van der Waals surface area contributed by atoms with Gasteiger partial charge in [-0.05, 0) is 37.0 Å². The molecule has 190 valence electrons. The first kappa shape index (κ1) is 26.5. The van der Waals surface area contributed by atoms with Gasteiger partial charge < -0.3 is 25.4 Å². The van der Waals surface area contributed by atoms with Crippen molar-refractivity contribution in [2.24, 2.45) is 5.92 Å². The van der Waals surface area contributed by atoms with Gasteiger partial charge in [0, 0.05) is 29.7 Å². The van der Waals surface area contributed by atoms with Crippen LogP contribution in [0.15, 0.2) is 30.3 Å². The molecule has 1 aliphatic carbocycles. The molecule has 3 N–H and O–H groups in total. The zero-order valence-electron chi connectivity index (χ0n) is 19.7. The molecule has 0 aliphatic heterocycles. The number of aliphatic carboxylic acids is 1. The summed E-state index contributed by atoms with van der Waals surface area (Å²) in [5.74, 6) is -2.42. The first-order valence-electron chi connectivity index (χ1n) is 11.6. The second kappa shape index (κ2) is 12.1. The van der Waals surface area contributed by atoms with Gasteiger partial charge in [0.15, 0.2) is 12.4 Å². The summed E-state index contributed by atoms with van der Waals surface area (Å²) < 4.78 is 34.9. The molecule has 0 saturated heterocycles. The molecule has 10 heteroatoms. The molecule has 0 heterocycles. The van der Waals surface area contributed by atoms with E-state index in [4.69, 9.17) is 21.4 Å².